The minimum absolute atomic E-state index is 0.109. The predicted octanol–water partition coefficient (Wildman–Crippen LogP) is 2.95. The molecule has 20 heavy (non-hydrogen) atoms. The summed E-state index contributed by atoms with van der Waals surface area (Å²) >= 11 is 3.19. The van der Waals surface area contributed by atoms with Crippen molar-refractivity contribution < 1.29 is 19.9 Å². The first-order chi connectivity index (χ1) is 9.47. The van der Waals surface area contributed by atoms with Crippen LogP contribution in [0.3, 0.4) is 0 Å². The summed E-state index contributed by atoms with van der Waals surface area (Å²) in [5.74, 6) is 0.109. The van der Waals surface area contributed by atoms with Crippen LogP contribution in [-0.4, -0.2) is 28.4 Å². The van der Waals surface area contributed by atoms with Crippen molar-refractivity contribution >= 4 is 21.6 Å². The van der Waals surface area contributed by atoms with Crippen molar-refractivity contribution in [1.29, 1.82) is 0 Å². The van der Waals surface area contributed by atoms with E-state index in [9.17, 15) is 15.2 Å². The van der Waals surface area contributed by atoms with E-state index in [1.165, 1.54) is 13.0 Å². The molecule has 0 unspecified atom stereocenters. The fourth-order valence-electron chi connectivity index (χ4n) is 1.77. The van der Waals surface area contributed by atoms with Gasteiger partial charge >= 0.3 is 5.69 Å². The number of nitrogens with zero attached hydrogens (tertiary/aromatic N) is 1. The molecule has 0 saturated carbocycles. The van der Waals surface area contributed by atoms with Crippen LogP contribution in [0.4, 0.5) is 5.69 Å². The number of hydrogen-bond donors (Lipinski definition) is 2. The van der Waals surface area contributed by atoms with Crippen LogP contribution in [0.15, 0.2) is 16.6 Å². The van der Waals surface area contributed by atoms with Gasteiger partial charge in [-0.25, -0.2) is 0 Å². The molecule has 0 spiro atoms. The molecule has 0 aliphatic heterocycles. The Morgan fingerprint density at radius 2 is 2.10 bits per heavy atom. The summed E-state index contributed by atoms with van der Waals surface area (Å²) in [5, 5.41) is 29.5. The van der Waals surface area contributed by atoms with Crippen molar-refractivity contribution in [2.24, 2.45) is 0 Å². The fourth-order valence-corrected chi connectivity index (χ4v) is 2.23. The third-order valence-electron chi connectivity index (χ3n) is 2.76. The van der Waals surface area contributed by atoms with Crippen LogP contribution in [0.2, 0.25) is 0 Å². The van der Waals surface area contributed by atoms with Crippen molar-refractivity contribution in [1.82, 2.24) is 0 Å². The van der Waals surface area contributed by atoms with E-state index in [1.54, 1.807) is 6.07 Å². The molecule has 2 N–H and O–H groups in total. The van der Waals surface area contributed by atoms with Gasteiger partial charge in [0, 0.05) is 22.7 Å². The van der Waals surface area contributed by atoms with Gasteiger partial charge in [0.15, 0.2) is 0 Å². The Bertz CT molecular complexity index is 464. The van der Waals surface area contributed by atoms with Crippen LogP contribution in [0.25, 0.3) is 0 Å². The average molecular weight is 348 g/mol. The molecule has 0 fully saturated rings. The minimum Gasteiger partial charge on any atom is -0.487 e. The highest BCUT2D eigenvalue weighted by atomic mass is 79.9. The molecule has 0 bridgehead atoms. The molecule has 0 aliphatic rings. The topological polar surface area (TPSA) is 92.8 Å². The summed E-state index contributed by atoms with van der Waals surface area (Å²) in [4.78, 5) is 10.5. The Hall–Kier alpha value is -1.18. The second kappa shape index (κ2) is 8.18. The zero-order chi connectivity index (χ0) is 15.1. The third kappa shape index (κ3) is 4.73. The van der Waals surface area contributed by atoms with Crippen LogP contribution in [0, 0.1) is 10.1 Å². The summed E-state index contributed by atoms with van der Waals surface area (Å²) in [7, 11) is 0. The molecule has 1 aromatic rings. The lowest BCUT2D eigenvalue weighted by molar-refractivity contribution is -0.386. The van der Waals surface area contributed by atoms with E-state index in [4.69, 9.17) is 9.84 Å². The van der Waals surface area contributed by atoms with Gasteiger partial charge in [-0.2, -0.15) is 0 Å². The standard InChI is InChI=1S/C13H18BrNO5/c1-9(17)11-7-10(14)8-12(15(18)19)13(11)20-6-4-2-3-5-16/h7-9,16-17H,2-6H2,1H3/t9-/m0/s1. The van der Waals surface area contributed by atoms with Crippen molar-refractivity contribution in [2.75, 3.05) is 13.2 Å². The quantitative estimate of drug-likeness (QED) is 0.428. The highest BCUT2D eigenvalue weighted by molar-refractivity contribution is 9.10. The maximum atomic E-state index is 11.1. The van der Waals surface area contributed by atoms with E-state index in [0.29, 0.717) is 29.5 Å². The molecule has 0 saturated heterocycles. The van der Waals surface area contributed by atoms with Crippen LogP contribution in [0.1, 0.15) is 37.9 Å². The largest absolute Gasteiger partial charge is 0.487 e. The molecule has 0 radical (unpaired) electrons. The molecule has 7 heteroatoms. The zero-order valence-electron chi connectivity index (χ0n) is 11.2. The summed E-state index contributed by atoms with van der Waals surface area (Å²) in [6.07, 6.45) is 1.28. The van der Waals surface area contributed by atoms with E-state index >= 15 is 0 Å². The molecular formula is C13H18BrNO5. The van der Waals surface area contributed by atoms with Gasteiger partial charge in [0.2, 0.25) is 5.75 Å². The minimum atomic E-state index is -0.862. The van der Waals surface area contributed by atoms with Gasteiger partial charge in [-0.15, -0.1) is 0 Å². The monoisotopic (exact) mass is 347 g/mol. The first-order valence-electron chi connectivity index (χ1n) is 6.37. The summed E-state index contributed by atoms with van der Waals surface area (Å²) in [6.45, 7) is 1.96. The number of aliphatic hydroxyl groups is 2. The third-order valence-corrected chi connectivity index (χ3v) is 3.22. The lowest BCUT2D eigenvalue weighted by Gasteiger charge is -2.14. The number of ether oxygens (including phenoxy) is 1. The Balaban J connectivity index is 2.92. The summed E-state index contributed by atoms with van der Waals surface area (Å²) in [6, 6.07) is 2.97. The number of aliphatic hydroxyl groups excluding tert-OH is 2. The Kier molecular flexibility index (Phi) is 6.90. The van der Waals surface area contributed by atoms with Gasteiger partial charge in [0.25, 0.3) is 0 Å². The number of unbranched alkanes of at least 4 members (excludes halogenated alkanes) is 2. The highest BCUT2D eigenvalue weighted by Gasteiger charge is 2.23. The average Bonchev–Trinajstić information content (AvgIpc) is 2.38. The van der Waals surface area contributed by atoms with E-state index < -0.39 is 11.0 Å². The number of nitro groups is 1. The maximum absolute atomic E-state index is 11.1. The molecule has 6 nitrogen and oxygen atoms in total. The number of halogens is 1. The smallest absolute Gasteiger partial charge is 0.312 e. The summed E-state index contributed by atoms with van der Waals surface area (Å²) < 4.78 is 6.01. The Labute approximate surface area is 125 Å². The Morgan fingerprint density at radius 1 is 1.40 bits per heavy atom. The van der Waals surface area contributed by atoms with Crippen molar-refractivity contribution in [3.8, 4) is 5.75 Å². The van der Waals surface area contributed by atoms with Crippen molar-refractivity contribution in [3.63, 3.8) is 0 Å². The molecule has 0 aliphatic carbocycles. The molecule has 0 aromatic heterocycles. The maximum Gasteiger partial charge on any atom is 0.312 e. The van der Waals surface area contributed by atoms with Crippen LogP contribution >= 0.6 is 15.9 Å². The molecule has 0 amide bonds. The number of rotatable bonds is 8. The first kappa shape index (κ1) is 16.9. The van der Waals surface area contributed by atoms with Gasteiger partial charge in [0.1, 0.15) is 0 Å². The lowest BCUT2D eigenvalue weighted by Crippen LogP contribution is -2.06. The zero-order valence-corrected chi connectivity index (χ0v) is 12.8. The van der Waals surface area contributed by atoms with Crippen LogP contribution in [-0.2, 0) is 0 Å². The SMILES string of the molecule is C[C@H](O)c1cc(Br)cc([N+](=O)[O-])c1OCCCCCO. The molecule has 0 heterocycles. The van der Waals surface area contributed by atoms with Gasteiger partial charge in [0.05, 0.1) is 17.6 Å². The molecule has 112 valence electrons. The number of nitro benzene ring substituents is 1. The molecular weight excluding hydrogens is 330 g/mol. The lowest BCUT2D eigenvalue weighted by atomic mass is 10.1. The predicted molar refractivity (Wildman–Crippen MR) is 77.9 cm³/mol. The van der Waals surface area contributed by atoms with Gasteiger partial charge < -0.3 is 14.9 Å². The Morgan fingerprint density at radius 3 is 2.65 bits per heavy atom. The normalized spacial score (nSPS) is 12.2. The second-order valence-corrected chi connectivity index (χ2v) is 5.32. The summed E-state index contributed by atoms with van der Waals surface area (Å²) in [5.41, 5.74) is 0.214. The second-order valence-electron chi connectivity index (χ2n) is 4.41. The van der Waals surface area contributed by atoms with Crippen LogP contribution in [0.5, 0.6) is 5.75 Å². The van der Waals surface area contributed by atoms with E-state index in [2.05, 4.69) is 15.9 Å². The number of benzene rings is 1. The molecule has 1 aromatic carbocycles. The van der Waals surface area contributed by atoms with E-state index in [-0.39, 0.29) is 18.0 Å². The van der Waals surface area contributed by atoms with Gasteiger partial charge in [-0.3, -0.25) is 10.1 Å². The highest BCUT2D eigenvalue weighted by Crippen LogP contribution is 2.37. The van der Waals surface area contributed by atoms with Crippen LogP contribution < -0.4 is 4.74 Å². The molecule has 1 atom stereocenters. The van der Waals surface area contributed by atoms with Crippen molar-refractivity contribution in [2.45, 2.75) is 32.3 Å². The molecule has 1 rings (SSSR count). The van der Waals surface area contributed by atoms with E-state index in [0.717, 1.165) is 6.42 Å². The fraction of sp³-hybridized carbons (Fsp3) is 0.538. The van der Waals surface area contributed by atoms with Gasteiger partial charge in [-0.05, 0) is 32.3 Å². The van der Waals surface area contributed by atoms with E-state index in [1.807, 2.05) is 0 Å². The van der Waals surface area contributed by atoms with Crippen molar-refractivity contribution in [3.05, 3.63) is 32.3 Å². The van der Waals surface area contributed by atoms with Gasteiger partial charge in [-0.1, -0.05) is 15.9 Å². The first-order valence-corrected chi connectivity index (χ1v) is 7.16. The number of hydrogen-bond acceptors (Lipinski definition) is 5.